The van der Waals surface area contributed by atoms with Gasteiger partial charge in [-0.1, -0.05) is 6.92 Å². The topological polar surface area (TPSA) is 49.4 Å². The second-order valence-corrected chi connectivity index (χ2v) is 9.58. The molecule has 1 aliphatic rings. The molecule has 0 saturated carbocycles. The fourth-order valence-corrected chi connectivity index (χ4v) is 6.20. The van der Waals surface area contributed by atoms with Gasteiger partial charge in [0.2, 0.25) is 0 Å². The summed E-state index contributed by atoms with van der Waals surface area (Å²) < 4.78 is 23.7. The molecule has 2 heterocycles. The van der Waals surface area contributed by atoms with Gasteiger partial charge in [0.25, 0.3) is 0 Å². The lowest BCUT2D eigenvalue weighted by molar-refractivity contribution is 0.264. The molecule has 4 nitrogen and oxygen atoms in total. The fourth-order valence-electron chi connectivity index (χ4n) is 2.24. The Morgan fingerprint density at radius 2 is 2.15 bits per heavy atom. The van der Waals surface area contributed by atoms with Gasteiger partial charge >= 0.3 is 0 Å². The molecule has 0 aliphatic carbocycles. The third-order valence-corrected chi connectivity index (χ3v) is 7.07. The zero-order valence-corrected chi connectivity index (χ0v) is 14.4. The number of rotatable bonds is 6. The van der Waals surface area contributed by atoms with Crippen LogP contribution in [0.15, 0.2) is 12.1 Å². The highest BCUT2D eigenvalue weighted by molar-refractivity contribution is 8.00. The minimum atomic E-state index is -3.01. The molecule has 7 heteroatoms. The molecule has 2 rings (SSSR count). The summed E-state index contributed by atoms with van der Waals surface area (Å²) in [5.41, 5.74) is 0. The Morgan fingerprint density at radius 3 is 2.85 bits per heavy atom. The maximum absolute atomic E-state index is 11.9. The summed E-state index contributed by atoms with van der Waals surface area (Å²) in [7, 11) is -3.01. The van der Waals surface area contributed by atoms with Crippen LogP contribution in [0.3, 0.4) is 0 Å². The number of nitrogens with one attached hydrogen (secondary N) is 1. The minimum absolute atomic E-state index is 0.333. The van der Waals surface area contributed by atoms with E-state index >= 15 is 0 Å². The average molecular weight is 335 g/mol. The third-order valence-electron chi connectivity index (χ3n) is 3.31. The maximum atomic E-state index is 11.9. The van der Waals surface area contributed by atoms with Gasteiger partial charge in [0.05, 0.1) is 0 Å². The molecule has 1 aliphatic heterocycles. The zero-order valence-electron chi connectivity index (χ0n) is 12.0. The third kappa shape index (κ3) is 4.46. The largest absolute Gasteiger partial charge is 0.312 e. The molecular formula is C13H22N2O2S3. The lowest BCUT2D eigenvalue weighted by Gasteiger charge is -2.33. The Hall–Kier alpha value is -0.0800. The number of hydrogen-bond donors (Lipinski definition) is 1. The molecule has 1 fully saturated rings. The van der Waals surface area contributed by atoms with Crippen molar-refractivity contribution in [2.45, 2.75) is 25.4 Å². The van der Waals surface area contributed by atoms with Crippen molar-refractivity contribution in [1.29, 1.82) is 0 Å². The molecule has 1 atom stereocenters. The normalized spacial score (nSPS) is 21.2. The number of thiophene rings is 1. The molecule has 1 aromatic heterocycles. The van der Waals surface area contributed by atoms with Gasteiger partial charge in [-0.3, -0.25) is 4.90 Å². The molecule has 1 unspecified atom stereocenters. The van der Waals surface area contributed by atoms with Gasteiger partial charge in [-0.15, -0.1) is 11.3 Å². The van der Waals surface area contributed by atoms with E-state index < -0.39 is 9.84 Å². The Labute approximate surface area is 129 Å². The summed E-state index contributed by atoms with van der Waals surface area (Å²) in [6.45, 7) is 5.55. The summed E-state index contributed by atoms with van der Waals surface area (Å²) in [6.07, 6.45) is 1.35. The summed E-state index contributed by atoms with van der Waals surface area (Å²) in [5, 5.41) is 2.98. The van der Waals surface area contributed by atoms with Gasteiger partial charge in [0.15, 0.2) is 9.84 Å². The maximum Gasteiger partial charge on any atom is 0.164 e. The fraction of sp³-hybridized carbons (Fsp3) is 0.692. The molecule has 0 amide bonds. The molecule has 0 bridgehead atoms. The highest BCUT2D eigenvalue weighted by Crippen LogP contribution is 2.25. The molecule has 0 aromatic carbocycles. The first-order valence-electron chi connectivity index (χ1n) is 6.79. The molecule has 0 radical (unpaired) electrons. The van der Waals surface area contributed by atoms with Crippen LogP contribution in [0, 0.1) is 0 Å². The highest BCUT2D eigenvalue weighted by Gasteiger charge is 2.30. The molecule has 1 saturated heterocycles. The molecule has 0 spiro atoms. The quantitative estimate of drug-likeness (QED) is 0.859. The van der Waals surface area contributed by atoms with Crippen LogP contribution in [0.1, 0.15) is 16.7 Å². The summed E-state index contributed by atoms with van der Waals surface area (Å²) in [4.78, 5) is 4.66. The van der Waals surface area contributed by atoms with Crippen molar-refractivity contribution in [1.82, 2.24) is 10.2 Å². The van der Waals surface area contributed by atoms with E-state index in [0.29, 0.717) is 5.75 Å². The second-order valence-electron chi connectivity index (χ2n) is 4.98. The molecule has 114 valence electrons. The van der Waals surface area contributed by atoms with E-state index in [2.05, 4.69) is 29.3 Å². The van der Waals surface area contributed by atoms with Crippen LogP contribution in [-0.2, 0) is 22.9 Å². The number of sulfone groups is 1. The zero-order chi connectivity index (χ0) is 14.6. The van der Waals surface area contributed by atoms with Crippen LogP contribution in [0.25, 0.3) is 0 Å². The number of thioether (sulfide) groups is 1. The van der Waals surface area contributed by atoms with Crippen LogP contribution >= 0.6 is 23.1 Å². The van der Waals surface area contributed by atoms with E-state index in [4.69, 9.17) is 0 Å². The Bertz CT molecular complexity index is 527. The van der Waals surface area contributed by atoms with E-state index in [1.807, 2.05) is 0 Å². The lowest BCUT2D eigenvalue weighted by atomic mass is 10.3. The van der Waals surface area contributed by atoms with Gasteiger partial charge in [-0.25, -0.2) is 8.42 Å². The second kappa shape index (κ2) is 7.26. The Balaban J connectivity index is 2.01. The summed E-state index contributed by atoms with van der Waals surface area (Å²) >= 11 is 3.51. The van der Waals surface area contributed by atoms with Crippen molar-refractivity contribution < 1.29 is 8.42 Å². The van der Waals surface area contributed by atoms with Crippen LogP contribution < -0.4 is 5.32 Å². The van der Waals surface area contributed by atoms with Gasteiger partial charge in [0.1, 0.15) is 5.37 Å². The molecule has 20 heavy (non-hydrogen) atoms. The smallest absolute Gasteiger partial charge is 0.164 e. The van der Waals surface area contributed by atoms with Crippen molar-refractivity contribution in [2.75, 3.05) is 30.9 Å². The Kier molecular flexibility index (Phi) is 5.92. The van der Waals surface area contributed by atoms with E-state index in [1.165, 1.54) is 16.0 Å². The summed E-state index contributed by atoms with van der Waals surface area (Å²) in [6, 6.07) is 4.26. The van der Waals surface area contributed by atoms with Crippen LogP contribution in [0.5, 0.6) is 0 Å². The van der Waals surface area contributed by atoms with E-state index in [0.717, 1.165) is 31.9 Å². The highest BCUT2D eigenvalue weighted by atomic mass is 32.2. The minimum Gasteiger partial charge on any atom is -0.312 e. The number of hydrogen-bond acceptors (Lipinski definition) is 6. The van der Waals surface area contributed by atoms with Crippen LogP contribution in [0.4, 0.5) is 0 Å². The van der Waals surface area contributed by atoms with Crippen molar-refractivity contribution in [3.8, 4) is 0 Å². The van der Waals surface area contributed by atoms with Crippen LogP contribution in [-0.4, -0.2) is 49.5 Å². The molecule has 1 N–H and O–H groups in total. The van der Waals surface area contributed by atoms with E-state index in [-0.39, 0.29) is 5.37 Å². The van der Waals surface area contributed by atoms with Gasteiger partial charge in [-0.2, -0.15) is 11.8 Å². The van der Waals surface area contributed by atoms with Crippen LogP contribution in [0.2, 0.25) is 0 Å². The number of nitrogens with zero attached hydrogens (tertiary/aromatic N) is 1. The standard InChI is InChI=1S/C13H22N2O2S3/c1-3-14-8-11-4-5-12(19-11)9-15-6-7-18-10-13(15)20(2,16)17/h4-5,13-14H,3,6-10H2,1-2H3. The SMILES string of the molecule is CCNCc1ccc(CN2CCSCC2S(C)(=O)=O)s1. The lowest BCUT2D eigenvalue weighted by Crippen LogP contribution is -2.46. The van der Waals surface area contributed by atoms with Crippen molar-refractivity contribution in [3.05, 3.63) is 21.9 Å². The average Bonchev–Trinajstić information content (AvgIpc) is 2.83. The predicted molar refractivity (Wildman–Crippen MR) is 88.1 cm³/mol. The Morgan fingerprint density at radius 1 is 1.40 bits per heavy atom. The summed E-state index contributed by atoms with van der Waals surface area (Å²) in [5.74, 6) is 1.70. The first-order valence-corrected chi connectivity index (χ1v) is 10.7. The van der Waals surface area contributed by atoms with Gasteiger partial charge < -0.3 is 5.32 Å². The van der Waals surface area contributed by atoms with Gasteiger partial charge in [-0.05, 0) is 18.7 Å². The monoisotopic (exact) mass is 334 g/mol. The molecule has 1 aromatic rings. The first kappa shape index (κ1) is 16.3. The van der Waals surface area contributed by atoms with Crippen molar-refractivity contribution >= 4 is 32.9 Å². The van der Waals surface area contributed by atoms with Crippen molar-refractivity contribution in [3.63, 3.8) is 0 Å². The molecular weight excluding hydrogens is 312 g/mol. The van der Waals surface area contributed by atoms with Gasteiger partial charge in [0, 0.05) is 47.2 Å². The predicted octanol–water partition coefficient (Wildman–Crippen LogP) is 1.78. The first-order chi connectivity index (χ1) is 9.50. The van der Waals surface area contributed by atoms with E-state index in [1.54, 1.807) is 23.1 Å². The van der Waals surface area contributed by atoms with Crippen molar-refractivity contribution in [2.24, 2.45) is 0 Å². The van der Waals surface area contributed by atoms with E-state index in [9.17, 15) is 8.42 Å².